The van der Waals surface area contributed by atoms with Crippen LogP contribution in [0.3, 0.4) is 0 Å². The number of nitrogens with one attached hydrogen (secondary N) is 1. The third-order valence-electron chi connectivity index (χ3n) is 5.49. The Kier molecular flexibility index (Phi) is 4.17. The predicted octanol–water partition coefficient (Wildman–Crippen LogP) is 3.62. The molecule has 3 nitrogen and oxygen atoms in total. The van der Waals surface area contributed by atoms with Gasteiger partial charge >= 0.3 is 0 Å². The summed E-state index contributed by atoms with van der Waals surface area (Å²) in [6.07, 6.45) is 9.00. The smallest absolute Gasteiger partial charge is 0.0457 e. The van der Waals surface area contributed by atoms with E-state index < -0.39 is 0 Å². The van der Waals surface area contributed by atoms with Gasteiger partial charge in [0.25, 0.3) is 0 Å². The third kappa shape index (κ3) is 3.06. The van der Waals surface area contributed by atoms with Crippen molar-refractivity contribution in [3.8, 4) is 0 Å². The summed E-state index contributed by atoms with van der Waals surface area (Å²) in [6.45, 7) is 6.29. The van der Waals surface area contributed by atoms with E-state index in [-0.39, 0.29) is 0 Å². The average Bonchev–Trinajstić information content (AvgIpc) is 3.04. The SMILES string of the molecule is c1cc2ccc(CN3CCC(N4CCCCC4)CC3)cc2[nH]1. The number of benzene rings is 1. The minimum absolute atomic E-state index is 0.849. The molecule has 3 heterocycles. The lowest BCUT2D eigenvalue weighted by Crippen LogP contribution is -2.46. The van der Waals surface area contributed by atoms with Crippen LogP contribution in [0.5, 0.6) is 0 Å². The van der Waals surface area contributed by atoms with Crippen LogP contribution in [0.2, 0.25) is 0 Å². The number of rotatable bonds is 3. The molecule has 4 rings (SSSR count). The minimum atomic E-state index is 0.849. The lowest BCUT2D eigenvalue weighted by Gasteiger charge is -2.40. The number of piperidine rings is 2. The average molecular weight is 297 g/mol. The highest BCUT2D eigenvalue weighted by Gasteiger charge is 2.25. The fraction of sp³-hybridized carbons (Fsp3) is 0.579. The van der Waals surface area contributed by atoms with Crippen molar-refractivity contribution in [3.05, 3.63) is 36.0 Å². The van der Waals surface area contributed by atoms with Gasteiger partial charge in [0.05, 0.1) is 0 Å². The largest absolute Gasteiger partial charge is 0.361 e. The van der Waals surface area contributed by atoms with Gasteiger partial charge in [0, 0.05) is 24.3 Å². The fourth-order valence-corrected chi connectivity index (χ4v) is 4.18. The second-order valence-electron chi connectivity index (χ2n) is 7.00. The number of hydrogen-bond acceptors (Lipinski definition) is 2. The molecule has 2 aliphatic heterocycles. The van der Waals surface area contributed by atoms with E-state index in [1.54, 1.807) is 0 Å². The monoisotopic (exact) mass is 297 g/mol. The molecule has 22 heavy (non-hydrogen) atoms. The Morgan fingerprint density at radius 1 is 0.955 bits per heavy atom. The first-order valence-corrected chi connectivity index (χ1v) is 8.91. The molecule has 2 aliphatic rings. The molecule has 0 saturated carbocycles. The second kappa shape index (κ2) is 6.43. The van der Waals surface area contributed by atoms with Crippen molar-refractivity contribution in [2.24, 2.45) is 0 Å². The van der Waals surface area contributed by atoms with E-state index in [0.29, 0.717) is 0 Å². The van der Waals surface area contributed by atoms with Crippen molar-refractivity contribution >= 4 is 10.9 Å². The number of nitrogens with zero attached hydrogens (tertiary/aromatic N) is 2. The first-order valence-electron chi connectivity index (χ1n) is 8.91. The minimum Gasteiger partial charge on any atom is -0.361 e. The Bertz CT molecular complexity index is 604. The summed E-state index contributed by atoms with van der Waals surface area (Å²) >= 11 is 0. The van der Waals surface area contributed by atoms with Gasteiger partial charge in [-0.3, -0.25) is 4.90 Å². The molecule has 0 spiro atoms. The van der Waals surface area contributed by atoms with Gasteiger partial charge in [-0.05, 0) is 74.9 Å². The van der Waals surface area contributed by atoms with Gasteiger partial charge in [-0.15, -0.1) is 0 Å². The first kappa shape index (κ1) is 14.3. The van der Waals surface area contributed by atoms with Crippen molar-refractivity contribution in [1.82, 2.24) is 14.8 Å². The topological polar surface area (TPSA) is 22.3 Å². The van der Waals surface area contributed by atoms with Crippen LogP contribution >= 0.6 is 0 Å². The Morgan fingerprint density at radius 2 is 1.77 bits per heavy atom. The van der Waals surface area contributed by atoms with E-state index in [1.807, 2.05) is 6.20 Å². The van der Waals surface area contributed by atoms with Crippen LogP contribution in [0.25, 0.3) is 10.9 Å². The fourth-order valence-electron chi connectivity index (χ4n) is 4.18. The molecular formula is C19H27N3. The maximum Gasteiger partial charge on any atom is 0.0457 e. The van der Waals surface area contributed by atoms with Gasteiger partial charge in [-0.2, -0.15) is 0 Å². The molecule has 118 valence electrons. The van der Waals surface area contributed by atoms with Crippen LogP contribution in [0, 0.1) is 0 Å². The van der Waals surface area contributed by atoms with Crippen LogP contribution in [-0.2, 0) is 6.54 Å². The van der Waals surface area contributed by atoms with Gasteiger partial charge in [0.2, 0.25) is 0 Å². The molecule has 0 atom stereocenters. The number of fused-ring (bicyclic) bond motifs is 1. The van der Waals surface area contributed by atoms with Crippen molar-refractivity contribution in [2.75, 3.05) is 26.2 Å². The lowest BCUT2D eigenvalue weighted by molar-refractivity contribution is 0.0897. The quantitative estimate of drug-likeness (QED) is 0.935. The van der Waals surface area contributed by atoms with Crippen LogP contribution in [0.4, 0.5) is 0 Å². The van der Waals surface area contributed by atoms with Gasteiger partial charge in [-0.1, -0.05) is 18.6 Å². The molecule has 0 bridgehead atoms. The zero-order valence-electron chi connectivity index (χ0n) is 13.4. The maximum atomic E-state index is 3.32. The lowest BCUT2D eigenvalue weighted by atomic mass is 9.99. The molecule has 1 aromatic heterocycles. The molecule has 3 heteroatoms. The highest BCUT2D eigenvalue weighted by molar-refractivity contribution is 5.79. The van der Waals surface area contributed by atoms with E-state index >= 15 is 0 Å². The molecule has 0 unspecified atom stereocenters. The predicted molar refractivity (Wildman–Crippen MR) is 92.0 cm³/mol. The molecule has 2 aromatic rings. The Hall–Kier alpha value is -1.32. The summed E-state index contributed by atoms with van der Waals surface area (Å²) in [5.74, 6) is 0. The van der Waals surface area contributed by atoms with Crippen molar-refractivity contribution in [3.63, 3.8) is 0 Å². The highest BCUT2D eigenvalue weighted by Crippen LogP contribution is 2.22. The van der Waals surface area contributed by atoms with E-state index in [1.165, 1.54) is 74.7 Å². The van der Waals surface area contributed by atoms with Crippen molar-refractivity contribution in [1.29, 1.82) is 0 Å². The van der Waals surface area contributed by atoms with Crippen LogP contribution in [0.15, 0.2) is 30.5 Å². The number of likely N-dealkylation sites (tertiary alicyclic amines) is 2. The van der Waals surface area contributed by atoms with E-state index in [4.69, 9.17) is 0 Å². The highest BCUT2D eigenvalue weighted by atomic mass is 15.2. The van der Waals surface area contributed by atoms with Gasteiger partial charge in [-0.25, -0.2) is 0 Å². The molecular weight excluding hydrogens is 270 g/mol. The zero-order valence-corrected chi connectivity index (χ0v) is 13.4. The van der Waals surface area contributed by atoms with Crippen LogP contribution in [0.1, 0.15) is 37.7 Å². The standard InChI is InChI=1S/C19H27N3/c1-2-10-22(11-3-1)18-7-12-21(13-8-18)15-16-4-5-17-6-9-20-19(17)14-16/h4-6,9,14,18,20H,1-3,7-8,10-13,15H2. The van der Waals surface area contributed by atoms with Gasteiger partial charge in [0.15, 0.2) is 0 Å². The molecule has 0 radical (unpaired) electrons. The van der Waals surface area contributed by atoms with Gasteiger partial charge in [0.1, 0.15) is 0 Å². The van der Waals surface area contributed by atoms with Crippen molar-refractivity contribution in [2.45, 2.75) is 44.7 Å². The molecule has 2 saturated heterocycles. The summed E-state index contributed by atoms with van der Waals surface area (Å²) in [7, 11) is 0. The first-order chi connectivity index (χ1) is 10.9. The Labute approximate surface area is 133 Å². The molecule has 1 aromatic carbocycles. The zero-order chi connectivity index (χ0) is 14.8. The molecule has 0 aliphatic carbocycles. The van der Waals surface area contributed by atoms with Gasteiger partial charge < -0.3 is 9.88 Å². The Balaban J connectivity index is 1.33. The van der Waals surface area contributed by atoms with Crippen LogP contribution in [-0.4, -0.2) is 47.0 Å². The summed E-state index contributed by atoms with van der Waals surface area (Å²) < 4.78 is 0. The maximum absolute atomic E-state index is 3.32. The number of hydrogen-bond donors (Lipinski definition) is 1. The molecule has 0 amide bonds. The Morgan fingerprint density at radius 3 is 2.59 bits per heavy atom. The summed E-state index contributed by atoms with van der Waals surface area (Å²) in [5, 5.41) is 1.31. The summed E-state index contributed by atoms with van der Waals surface area (Å²) in [6, 6.07) is 9.83. The second-order valence-corrected chi connectivity index (χ2v) is 7.00. The van der Waals surface area contributed by atoms with Crippen LogP contribution < -0.4 is 0 Å². The summed E-state index contributed by atoms with van der Waals surface area (Å²) in [5.41, 5.74) is 2.70. The van der Waals surface area contributed by atoms with Crippen molar-refractivity contribution < 1.29 is 0 Å². The van der Waals surface area contributed by atoms with E-state index in [2.05, 4.69) is 39.0 Å². The third-order valence-corrected chi connectivity index (χ3v) is 5.49. The molecule has 1 N–H and O–H groups in total. The molecule has 2 fully saturated rings. The number of aromatic nitrogens is 1. The van der Waals surface area contributed by atoms with E-state index in [0.717, 1.165) is 12.6 Å². The number of H-pyrrole nitrogens is 1. The van der Waals surface area contributed by atoms with E-state index in [9.17, 15) is 0 Å². The number of aromatic amines is 1. The summed E-state index contributed by atoms with van der Waals surface area (Å²) in [4.78, 5) is 8.71. The normalized spacial score (nSPS) is 22.4.